The predicted molar refractivity (Wildman–Crippen MR) is 139 cm³/mol. The van der Waals surface area contributed by atoms with E-state index >= 15 is 0 Å². The molecule has 1 unspecified atom stereocenters. The third-order valence-corrected chi connectivity index (χ3v) is 7.62. The van der Waals surface area contributed by atoms with E-state index in [1.165, 1.54) is 30.1 Å². The zero-order valence-electron chi connectivity index (χ0n) is 20.9. The maximum absolute atomic E-state index is 12.9. The number of benzene rings is 1. The summed E-state index contributed by atoms with van der Waals surface area (Å²) in [4.78, 5) is 3.55. The number of phenolic OH excluding ortho intramolecular Hbond substituents is 2. The Balaban J connectivity index is 1.53. The lowest BCUT2D eigenvalue weighted by Gasteiger charge is -2.23. The third-order valence-electron chi connectivity index (χ3n) is 6.60. The molecule has 7 nitrogen and oxygen atoms in total. The summed E-state index contributed by atoms with van der Waals surface area (Å²) in [6.07, 6.45) is 3.49. The number of aromatic hydroxyl groups is 2. The van der Waals surface area contributed by atoms with Crippen LogP contribution in [-0.4, -0.2) is 34.5 Å². The molecule has 5 rings (SSSR count). The van der Waals surface area contributed by atoms with Crippen LogP contribution < -0.4 is 0 Å². The van der Waals surface area contributed by atoms with Gasteiger partial charge in [-0.25, -0.2) is 0 Å². The molecule has 0 amide bonds. The van der Waals surface area contributed by atoms with Crippen LogP contribution in [0.3, 0.4) is 0 Å². The molecular weight excluding hydrogens is 515 g/mol. The minimum atomic E-state index is -4.49. The first-order valence-electron chi connectivity index (χ1n) is 12.0. The third kappa shape index (κ3) is 4.90. The summed E-state index contributed by atoms with van der Waals surface area (Å²) in [6.45, 7) is 3.89. The number of halogens is 3. The number of fused-ring (bicyclic) bond motifs is 1. The Bertz CT molecular complexity index is 1510. The lowest BCUT2D eigenvalue weighted by molar-refractivity contribution is -0.141. The number of nitrogens with zero attached hydrogens (tertiary/aromatic N) is 5. The molecule has 0 saturated heterocycles. The number of hydrogen-bond donors (Lipinski definition) is 2. The predicted octanol–water partition coefficient (Wildman–Crippen LogP) is 6.33. The van der Waals surface area contributed by atoms with Gasteiger partial charge in [0.2, 0.25) is 0 Å². The van der Waals surface area contributed by atoms with E-state index in [0.29, 0.717) is 39.8 Å². The molecule has 11 heteroatoms. The molecule has 3 heterocycles. The number of pyridine rings is 1. The van der Waals surface area contributed by atoms with Crippen molar-refractivity contribution in [1.82, 2.24) is 24.3 Å². The topological polar surface area (TPSA) is 89.0 Å². The van der Waals surface area contributed by atoms with Crippen molar-refractivity contribution in [1.29, 1.82) is 0 Å². The fourth-order valence-corrected chi connectivity index (χ4v) is 5.51. The number of aromatic nitrogens is 5. The average Bonchev–Trinajstić information content (AvgIpc) is 3.45. The summed E-state index contributed by atoms with van der Waals surface area (Å²) in [6, 6.07) is 7.31. The van der Waals surface area contributed by atoms with Gasteiger partial charge in [-0.05, 0) is 53.3 Å². The van der Waals surface area contributed by atoms with E-state index in [9.17, 15) is 23.4 Å². The van der Waals surface area contributed by atoms with E-state index in [-0.39, 0.29) is 23.5 Å². The fourth-order valence-electron chi connectivity index (χ4n) is 4.58. The molecule has 0 spiro atoms. The summed E-state index contributed by atoms with van der Waals surface area (Å²) < 4.78 is 42.7. The Hall–Kier alpha value is -3.73. The standard InChI is InChI=1S/C27H26F3N5O2S/c1-15(2)19-11-20(23(37)12-22(19)36)25-32-33-26(38-14-16-4-7-24(31-13-16)27(28,29)30)35(25)18-5-6-21-17(10-18)8-9-34(21)3/h4-9,11-13,15,18,36-37H,10,14H2,1-3H3. The summed E-state index contributed by atoms with van der Waals surface area (Å²) >= 11 is 1.33. The molecule has 1 atom stereocenters. The van der Waals surface area contributed by atoms with E-state index in [1.54, 1.807) is 6.07 Å². The van der Waals surface area contributed by atoms with Gasteiger partial charge in [-0.3, -0.25) is 9.55 Å². The van der Waals surface area contributed by atoms with Gasteiger partial charge in [0, 0.05) is 37.0 Å². The Morgan fingerprint density at radius 2 is 1.89 bits per heavy atom. The summed E-state index contributed by atoms with van der Waals surface area (Å²) in [5, 5.41) is 30.5. The minimum Gasteiger partial charge on any atom is -0.508 e. The Morgan fingerprint density at radius 1 is 1.11 bits per heavy atom. The lowest BCUT2D eigenvalue weighted by atomic mass is 9.97. The zero-order chi connectivity index (χ0) is 27.2. The van der Waals surface area contributed by atoms with Crippen molar-refractivity contribution >= 4 is 17.8 Å². The number of hydrogen-bond acceptors (Lipinski definition) is 6. The molecule has 3 aromatic heterocycles. The first kappa shape index (κ1) is 25.9. The van der Waals surface area contributed by atoms with Crippen LogP contribution in [0.5, 0.6) is 11.5 Å². The maximum atomic E-state index is 12.9. The SMILES string of the molecule is CC(C)c1cc(-c2nnc(SCc3ccc(C(F)(F)F)nc3)n2C2C=Cc3c(ccn3C)C2)c(O)cc1O. The first-order chi connectivity index (χ1) is 18.0. The highest BCUT2D eigenvalue weighted by molar-refractivity contribution is 7.98. The molecule has 0 radical (unpaired) electrons. The van der Waals surface area contributed by atoms with Crippen LogP contribution in [0.1, 0.15) is 53.9 Å². The quantitative estimate of drug-likeness (QED) is 0.277. The maximum Gasteiger partial charge on any atom is 0.433 e. The van der Waals surface area contributed by atoms with Crippen LogP contribution in [0.15, 0.2) is 54.0 Å². The van der Waals surface area contributed by atoms with Gasteiger partial charge in [0.25, 0.3) is 0 Å². The number of aryl methyl sites for hydroxylation is 1. The molecular formula is C27H26F3N5O2S. The molecule has 1 aliphatic rings. The molecule has 0 aliphatic heterocycles. The normalized spacial score (nSPS) is 15.3. The molecule has 198 valence electrons. The van der Waals surface area contributed by atoms with Crippen molar-refractivity contribution in [3.8, 4) is 22.9 Å². The smallest absolute Gasteiger partial charge is 0.433 e. The Kier molecular flexibility index (Phi) is 6.72. The highest BCUT2D eigenvalue weighted by atomic mass is 32.2. The number of thioether (sulfide) groups is 1. The van der Waals surface area contributed by atoms with Crippen molar-refractivity contribution in [3.63, 3.8) is 0 Å². The second-order valence-corrected chi connectivity index (χ2v) is 10.5. The summed E-state index contributed by atoms with van der Waals surface area (Å²) in [5.41, 5.74) is 3.04. The number of rotatable bonds is 6. The number of alkyl halides is 3. The lowest BCUT2D eigenvalue weighted by Crippen LogP contribution is -2.15. The number of phenols is 2. The molecule has 0 fully saturated rings. The molecule has 4 aromatic rings. The van der Waals surface area contributed by atoms with Gasteiger partial charge in [-0.2, -0.15) is 13.2 Å². The second-order valence-electron chi connectivity index (χ2n) is 9.56. The van der Waals surface area contributed by atoms with Gasteiger partial charge < -0.3 is 14.8 Å². The highest BCUT2D eigenvalue weighted by Gasteiger charge is 2.32. The summed E-state index contributed by atoms with van der Waals surface area (Å²) in [5.74, 6) is 0.654. The monoisotopic (exact) mass is 541 g/mol. The molecule has 2 N–H and O–H groups in total. The van der Waals surface area contributed by atoms with Gasteiger partial charge in [-0.1, -0.05) is 37.8 Å². The fraction of sp³-hybridized carbons (Fsp3) is 0.296. The van der Waals surface area contributed by atoms with Crippen LogP contribution >= 0.6 is 11.8 Å². The van der Waals surface area contributed by atoms with Gasteiger partial charge in [0.1, 0.15) is 17.2 Å². The molecule has 0 saturated carbocycles. The van der Waals surface area contributed by atoms with Crippen LogP contribution in [0, 0.1) is 0 Å². The Morgan fingerprint density at radius 3 is 2.58 bits per heavy atom. The van der Waals surface area contributed by atoms with Crippen molar-refractivity contribution < 1.29 is 23.4 Å². The van der Waals surface area contributed by atoms with E-state index < -0.39 is 11.9 Å². The number of allylic oxidation sites excluding steroid dienone is 1. The molecule has 1 aliphatic carbocycles. The molecule has 0 bridgehead atoms. The van der Waals surface area contributed by atoms with Gasteiger partial charge in [-0.15, -0.1) is 10.2 Å². The van der Waals surface area contributed by atoms with Gasteiger partial charge in [0.05, 0.1) is 11.6 Å². The zero-order valence-corrected chi connectivity index (χ0v) is 21.8. The first-order valence-corrected chi connectivity index (χ1v) is 13.0. The minimum absolute atomic E-state index is 0.00297. The van der Waals surface area contributed by atoms with Crippen molar-refractivity contribution in [2.75, 3.05) is 0 Å². The van der Waals surface area contributed by atoms with Crippen LogP contribution in [0.2, 0.25) is 0 Å². The molecule has 1 aromatic carbocycles. The summed E-state index contributed by atoms with van der Waals surface area (Å²) in [7, 11) is 1.98. The highest BCUT2D eigenvalue weighted by Crippen LogP contribution is 2.41. The average molecular weight is 542 g/mol. The van der Waals surface area contributed by atoms with Crippen LogP contribution in [-0.2, 0) is 25.4 Å². The molecule has 38 heavy (non-hydrogen) atoms. The van der Waals surface area contributed by atoms with Crippen molar-refractivity contribution in [2.45, 2.75) is 49.3 Å². The Labute approximate surface area is 221 Å². The second kappa shape index (κ2) is 9.86. The van der Waals surface area contributed by atoms with Gasteiger partial charge in [0.15, 0.2) is 11.0 Å². The van der Waals surface area contributed by atoms with Crippen molar-refractivity contribution in [2.24, 2.45) is 7.05 Å². The van der Waals surface area contributed by atoms with E-state index in [2.05, 4.69) is 27.3 Å². The van der Waals surface area contributed by atoms with Gasteiger partial charge >= 0.3 is 6.18 Å². The largest absolute Gasteiger partial charge is 0.508 e. The van der Waals surface area contributed by atoms with Crippen molar-refractivity contribution in [3.05, 3.63) is 76.9 Å². The van der Waals surface area contributed by atoms with Crippen LogP contribution in [0.25, 0.3) is 17.5 Å². The van der Waals surface area contributed by atoms with E-state index in [4.69, 9.17) is 0 Å². The van der Waals surface area contributed by atoms with E-state index in [0.717, 1.165) is 17.3 Å². The van der Waals surface area contributed by atoms with Crippen LogP contribution in [0.4, 0.5) is 13.2 Å². The van der Waals surface area contributed by atoms with E-state index in [1.807, 2.05) is 42.3 Å².